The average Bonchev–Trinajstić information content (AvgIpc) is 3.35. The normalized spacial score (nSPS) is 19.5. The lowest BCUT2D eigenvalue weighted by molar-refractivity contribution is -0.138. The molecule has 0 aliphatic heterocycles. The molecule has 0 saturated heterocycles. The number of halogens is 4. The van der Waals surface area contributed by atoms with Crippen LogP contribution < -0.4 is 5.32 Å². The molecule has 2 aromatic rings. The first-order valence-corrected chi connectivity index (χ1v) is 8.43. The van der Waals surface area contributed by atoms with Crippen molar-refractivity contribution in [3.63, 3.8) is 0 Å². The van der Waals surface area contributed by atoms with Gasteiger partial charge < -0.3 is 5.32 Å². The maximum Gasteiger partial charge on any atom is 0.416 e. The smallest absolute Gasteiger partial charge is 0.356 e. The van der Waals surface area contributed by atoms with E-state index in [1.165, 1.54) is 12.1 Å². The van der Waals surface area contributed by atoms with Crippen molar-refractivity contribution in [1.82, 2.24) is 5.32 Å². The quantitative estimate of drug-likeness (QED) is 0.806. The third kappa shape index (κ3) is 4.15. The predicted molar refractivity (Wildman–Crippen MR) is 90.5 cm³/mol. The molecule has 2 nitrogen and oxygen atoms in total. The second-order valence-corrected chi connectivity index (χ2v) is 6.57. The van der Waals surface area contributed by atoms with Gasteiger partial charge in [0.25, 0.3) is 0 Å². The highest BCUT2D eigenvalue weighted by Gasteiger charge is 2.44. The molecule has 2 unspecified atom stereocenters. The van der Waals surface area contributed by atoms with Gasteiger partial charge in [-0.15, -0.1) is 0 Å². The molecule has 0 radical (unpaired) electrons. The Kier molecular flexibility index (Phi) is 5.04. The standard InChI is InChI=1S/C19H17ClF3NO/c20-17-8-4-2-6-13(17)14-11-15(14)18(25)24-10-9-12-5-1-3-7-16(12)19(21,22)23/h1-8,14-15H,9-11H2,(H,24,25). The molecule has 2 aromatic carbocycles. The first-order valence-electron chi connectivity index (χ1n) is 8.05. The molecule has 1 amide bonds. The summed E-state index contributed by atoms with van der Waals surface area (Å²) < 4.78 is 38.8. The highest BCUT2D eigenvalue weighted by atomic mass is 35.5. The first kappa shape index (κ1) is 17.8. The number of alkyl halides is 3. The van der Waals surface area contributed by atoms with E-state index < -0.39 is 11.7 Å². The molecule has 1 saturated carbocycles. The molecule has 2 atom stereocenters. The van der Waals surface area contributed by atoms with E-state index in [0.717, 1.165) is 11.6 Å². The van der Waals surface area contributed by atoms with Crippen LogP contribution in [-0.4, -0.2) is 12.5 Å². The molecule has 3 rings (SSSR count). The van der Waals surface area contributed by atoms with Crippen LogP contribution in [0.4, 0.5) is 13.2 Å². The van der Waals surface area contributed by atoms with Crippen molar-refractivity contribution in [3.05, 3.63) is 70.2 Å². The Hall–Kier alpha value is -2.01. The molecule has 6 heteroatoms. The van der Waals surface area contributed by atoms with Crippen molar-refractivity contribution in [2.24, 2.45) is 5.92 Å². The van der Waals surface area contributed by atoms with Gasteiger partial charge in [0.2, 0.25) is 5.91 Å². The summed E-state index contributed by atoms with van der Waals surface area (Å²) in [5.41, 5.74) is 0.491. The summed E-state index contributed by atoms with van der Waals surface area (Å²) in [6.45, 7) is 0.178. The van der Waals surface area contributed by atoms with Crippen LogP contribution in [0.2, 0.25) is 5.02 Å². The monoisotopic (exact) mass is 367 g/mol. The molecule has 1 N–H and O–H groups in total. The minimum Gasteiger partial charge on any atom is -0.356 e. The van der Waals surface area contributed by atoms with Crippen molar-refractivity contribution >= 4 is 17.5 Å². The summed E-state index contributed by atoms with van der Waals surface area (Å²) in [5, 5.41) is 3.38. The van der Waals surface area contributed by atoms with Gasteiger partial charge in [0.05, 0.1) is 5.56 Å². The lowest BCUT2D eigenvalue weighted by Gasteiger charge is -2.13. The van der Waals surface area contributed by atoms with Gasteiger partial charge in [0.1, 0.15) is 0 Å². The first-order chi connectivity index (χ1) is 11.9. The Balaban J connectivity index is 1.54. The number of nitrogens with one attached hydrogen (secondary N) is 1. The van der Waals surface area contributed by atoms with Gasteiger partial charge in [0.15, 0.2) is 0 Å². The van der Waals surface area contributed by atoms with Crippen LogP contribution >= 0.6 is 11.6 Å². The number of carbonyl (C=O) groups is 1. The van der Waals surface area contributed by atoms with E-state index in [9.17, 15) is 18.0 Å². The third-order valence-corrected chi connectivity index (χ3v) is 4.79. The SMILES string of the molecule is O=C(NCCc1ccccc1C(F)(F)F)C1CC1c1ccccc1Cl. The van der Waals surface area contributed by atoms with Crippen LogP contribution in [-0.2, 0) is 17.4 Å². The Morgan fingerprint density at radius 3 is 2.52 bits per heavy atom. The molecule has 132 valence electrons. The number of amides is 1. The molecule has 0 aromatic heterocycles. The van der Waals surface area contributed by atoms with Gasteiger partial charge in [0, 0.05) is 17.5 Å². The second kappa shape index (κ2) is 7.08. The maximum atomic E-state index is 12.9. The molecule has 25 heavy (non-hydrogen) atoms. The summed E-state index contributed by atoms with van der Waals surface area (Å²) in [7, 11) is 0. The summed E-state index contributed by atoms with van der Waals surface area (Å²) in [4.78, 5) is 12.2. The fourth-order valence-electron chi connectivity index (χ4n) is 3.07. The molecular weight excluding hydrogens is 351 g/mol. The lowest BCUT2D eigenvalue weighted by Crippen LogP contribution is -2.28. The van der Waals surface area contributed by atoms with Crippen molar-refractivity contribution < 1.29 is 18.0 Å². The predicted octanol–water partition coefficient (Wildman–Crippen LogP) is 4.82. The van der Waals surface area contributed by atoms with Crippen molar-refractivity contribution in [3.8, 4) is 0 Å². The molecule has 0 bridgehead atoms. The summed E-state index contributed by atoms with van der Waals surface area (Å²) in [6, 6.07) is 12.8. The van der Waals surface area contributed by atoms with Crippen LogP contribution in [0.5, 0.6) is 0 Å². The molecule has 1 aliphatic rings. The number of rotatable bonds is 5. The summed E-state index contributed by atoms with van der Waals surface area (Å²) in [6.07, 6.45) is -3.52. The van der Waals surface area contributed by atoms with Crippen LogP contribution in [0.3, 0.4) is 0 Å². The average molecular weight is 368 g/mol. The fraction of sp³-hybridized carbons (Fsp3) is 0.316. The molecule has 0 heterocycles. The van der Waals surface area contributed by atoms with E-state index in [1.54, 1.807) is 12.1 Å². The fourth-order valence-corrected chi connectivity index (χ4v) is 3.35. The Bertz CT molecular complexity index is 775. The molecule has 0 spiro atoms. The zero-order chi connectivity index (χ0) is 18.0. The van der Waals surface area contributed by atoms with Gasteiger partial charge >= 0.3 is 6.18 Å². The zero-order valence-corrected chi connectivity index (χ0v) is 14.1. The molecule has 1 fully saturated rings. The number of benzene rings is 2. The largest absolute Gasteiger partial charge is 0.416 e. The van der Waals surface area contributed by atoms with Gasteiger partial charge in [-0.3, -0.25) is 4.79 Å². The maximum absolute atomic E-state index is 12.9. The minimum atomic E-state index is -4.38. The Labute approximate surface area is 149 Å². The zero-order valence-electron chi connectivity index (χ0n) is 13.3. The third-order valence-electron chi connectivity index (χ3n) is 4.45. The molecule has 1 aliphatic carbocycles. The Morgan fingerprint density at radius 1 is 1.12 bits per heavy atom. The van der Waals surface area contributed by atoms with E-state index in [2.05, 4.69) is 5.32 Å². The Morgan fingerprint density at radius 2 is 1.80 bits per heavy atom. The summed E-state index contributed by atoms with van der Waals surface area (Å²) in [5.74, 6) is -0.191. The van der Waals surface area contributed by atoms with Crippen LogP contribution in [0.1, 0.15) is 29.0 Å². The van der Waals surface area contributed by atoms with Crippen molar-refractivity contribution in [1.29, 1.82) is 0 Å². The highest BCUT2D eigenvalue weighted by molar-refractivity contribution is 6.31. The summed E-state index contributed by atoms with van der Waals surface area (Å²) >= 11 is 6.14. The molecular formula is C19H17ClF3NO. The topological polar surface area (TPSA) is 29.1 Å². The number of carbonyl (C=O) groups excluding carboxylic acids is 1. The highest BCUT2D eigenvalue weighted by Crippen LogP contribution is 2.49. The van der Waals surface area contributed by atoms with E-state index in [1.807, 2.05) is 18.2 Å². The van der Waals surface area contributed by atoms with Crippen molar-refractivity contribution in [2.75, 3.05) is 6.54 Å². The second-order valence-electron chi connectivity index (χ2n) is 6.17. The van der Waals surface area contributed by atoms with E-state index in [-0.39, 0.29) is 36.3 Å². The van der Waals surface area contributed by atoms with E-state index >= 15 is 0 Å². The van der Waals surface area contributed by atoms with Crippen LogP contribution in [0.25, 0.3) is 0 Å². The lowest BCUT2D eigenvalue weighted by atomic mass is 10.0. The van der Waals surface area contributed by atoms with E-state index in [0.29, 0.717) is 11.4 Å². The minimum absolute atomic E-state index is 0.0937. The van der Waals surface area contributed by atoms with Gasteiger partial charge in [-0.1, -0.05) is 48.0 Å². The number of hydrogen-bond donors (Lipinski definition) is 1. The van der Waals surface area contributed by atoms with Gasteiger partial charge in [-0.05, 0) is 42.0 Å². The van der Waals surface area contributed by atoms with E-state index in [4.69, 9.17) is 11.6 Å². The number of hydrogen-bond acceptors (Lipinski definition) is 1. The van der Waals surface area contributed by atoms with Crippen LogP contribution in [0.15, 0.2) is 48.5 Å². The van der Waals surface area contributed by atoms with Gasteiger partial charge in [-0.25, -0.2) is 0 Å². The van der Waals surface area contributed by atoms with Gasteiger partial charge in [-0.2, -0.15) is 13.2 Å². The van der Waals surface area contributed by atoms with Crippen molar-refractivity contribution in [2.45, 2.75) is 24.9 Å². The van der Waals surface area contributed by atoms with Crippen LogP contribution in [0, 0.1) is 5.92 Å².